The molecular formula is C15H18N4O. The van der Waals surface area contributed by atoms with Crippen molar-refractivity contribution in [1.82, 2.24) is 19.7 Å². The van der Waals surface area contributed by atoms with Crippen molar-refractivity contribution in [2.45, 2.75) is 33.0 Å². The van der Waals surface area contributed by atoms with Gasteiger partial charge in [0.2, 0.25) is 0 Å². The zero-order chi connectivity index (χ0) is 14.1. The first-order chi connectivity index (χ1) is 9.65. The molecule has 0 bridgehead atoms. The highest BCUT2D eigenvalue weighted by atomic mass is 16.1. The predicted molar refractivity (Wildman–Crippen MR) is 75.4 cm³/mol. The van der Waals surface area contributed by atoms with Gasteiger partial charge in [-0.25, -0.2) is 0 Å². The van der Waals surface area contributed by atoms with E-state index in [1.165, 1.54) is 5.56 Å². The van der Waals surface area contributed by atoms with Gasteiger partial charge in [0.25, 0.3) is 0 Å². The van der Waals surface area contributed by atoms with E-state index in [1.807, 2.05) is 42.7 Å². The molecule has 1 aromatic heterocycles. The van der Waals surface area contributed by atoms with Crippen LogP contribution in [0.3, 0.4) is 0 Å². The molecule has 0 N–H and O–H groups in total. The Morgan fingerprint density at radius 3 is 2.75 bits per heavy atom. The zero-order valence-electron chi connectivity index (χ0n) is 11.8. The molecule has 1 unspecified atom stereocenters. The predicted octanol–water partition coefficient (Wildman–Crippen LogP) is 1.67. The molecule has 1 aliphatic rings. The molecule has 5 nitrogen and oxygen atoms in total. The van der Waals surface area contributed by atoms with Gasteiger partial charge in [0.05, 0.1) is 12.6 Å². The van der Waals surface area contributed by atoms with E-state index in [1.54, 1.807) is 6.33 Å². The molecule has 0 saturated heterocycles. The van der Waals surface area contributed by atoms with Gasteiger partial charge < -0.3 is 4.57 Å². The van der Waals surface area contributed by atoms with Crippen LogP contribution >= 0.6 is 0 Å². The molecule has 0 radical (unpaired) electrons. The number of carbonyl (C=O) groups excluding carboxylic acids is 1. The van der Waals surface area contributed by atoms with Crippen molar-refractivity contribution >= 4 is 5.78 Å². The van der Waals surface area contributed by atoms with E-state index >= 15 is 0 Å². The smallest absolute Gasteiger partial charge is 0.179 e. The minimum absolute atomic E-state index is 0.136. The van der Waals surface area contributed by atoms with Crippen LogP contribution in [-0.2, 0) is 13.1 Å². The Hall–Kier alpha value is -2.01. The molecule has 20 heavy (non-hydrogen) atoms. The Kier molecular flexibility index (Phi) is 3.36. The van der Waals surface area contributed by atoms with Crippen molar-refractivity contribution in [3.8, 4) is 0 Å². The molecule has 0 amide bonds. The number of hydrogen-bond donors (Lipinski definition) is 0. The van der Waals surface area contributed by atoms with Crippen LogP contribution in [0, 0.1) is 6.92 Å². The van der Waals surface area contributed by atoms with E-state index in [0.717, 1.165) is 24.5 Å². The molecule has 0 fully saturated rings. The fourth-order valence-electron chi connectivity index (χ4n) is 2.54. The summed E-state index contributed by atoms with van der Waals surface area (Å²) in [6.45, 7) is 6.36. The third-order valence-corrected chi connectivity index (χ3v) is 3.93. The van der Waals surface area contributed by atoms with E-state index in [0.29, 0.717) is 6.54 Å². The van der Waals surface area contributed by atoms with E-state index in [9.17, 15) is 4.79 Å². The highest BCUT2D eigenvalue weighted by Crippen LogP contribution is 2.16. The van der Waals surface area contributed by atoms with Crippen molar-refractivity contribution in [3.05, 3.63) is 47.5 Å². The summed E-state index contributed by atoms with van der Waals surface area (Å²) in [7, 11) is 0. The number of nitrogens with zero attached hydrogens (tertiary/aromatic N) is 4. The van der Waals surface area contributed by atoms with Crippen molar-refractivity contribution in [3.63, 3.8) is 0 Å². The number of carbonyl (C=O) groups is 1. The molecule has 3 rings (SSSR count). The molecule has 1 aromatic carbocycles. The quantitative estimate of drug-likeness (QED) is 0.796. The molecule has 104 valence electrons. The summed E-state index contributed by atoms with van der Waals surface area (Å²) in [5, 5.41) is 8.00. The van der Waals surface area contributed by atoms with E-state index in [-0.39, 0.29) is 11.8 Å². The van der Waals surface area contributed by atoms with Crippen molar-refractivity contribution in [1.29, 1.82) is 0 Å². The molecule has 1 aliphatic heterocycles. The number of ketones is 1. The number of Topliss-reactive ketones (excluding diaryl/α,β-unsaturated/α-hetero) is 1. The molecular weight excluding hydrogens is 252 g/mol. The average Bonchev–Trinajstić information content (AvgIpc) is 2.94. The minimum atomic E-state index is -0.136. The van der Waals surface area contributed by atoms with Crippen LogP contribution in [0.1, 0.15) is 28.7 Å². The number of rotatable bonds is 3. The molecule has 2 aromatic rings. The topological polar surface area (TPSA) is 51.0 Å². The van der Waals surface area contributed by atoms with Gasteiger partial charge >= 0.3 is 0 Å². The largest absolute Gasteiger partial charge is 0.315 e. The molecule has 5 heteroatoms. The van der Waals surface area contributed by atoms with Crippen LogP contribution in [0.25, 0.3) is 0 Å². The standard InChI is InChI=1S/C15H18N4O/c1-11-3-5-13(6-4-11)15(20)12(2)18-7-8-19-10-16-17-14(19)9-18/h3-6,10,12H,7-9H2,1-2H3. The number of hydrogen-bond acceptors (Lipinski definition) is 4. The lowest BCUT2D eigenvalue weighted by molar-refractivity contribution is 0.0793. The van der Waals surface area contributed by atoms with Gasteiger partial charge in [-0.1, -0.05) is 29.8 Å². The van der Waals surface area contributed by atoms with Crippen molar-refractivity contribution < 1.29 is 4.79 Å². The summed E-state index contributed by atoms with van der Waals surface area (Å²) >= 11 is 0. The van der Waals surface area contributed by atoms with Crippen LogP contribution in [0.2, 0.25) is 0 Å². The molecule has 0 saturated carbocycles. The Morgan fingerprint density at radius 1 is 1.25 bits per heavy atom. The second-order valence-electron chi connectivity index (χ2n) is 5.32. The zero-order valence-corrected chi connectivity index (χ0v) is 11.8. The van der Waals surface area contributed by atoms with E-state index in [2.05, 4.69) is 15.1 Å². The minimum Gasteiger partial charge on any atom is -0.315 e. The first-order valence-corrected chi connectivity index (χ1v) is 6.87. The van der Waals surface area contributed by atoms with Gasteiger partial charge in [-0.3, -0.25) is 9.69 Å². The number of aryl methyl sites for hydroxylation is 1. The number of benzene rings is 1. The molecule has 1 atom stereocenters. The third-order valence-electron chi connectivity index (χ3n) is 3.93. The lowest BCUT2D eigenvalue weighted by atomic mass is 10.0. The maximum atomic E-state index is 12.5. The fraction of sp³-hybridized carbons (Fsp3) is 0.400. The monoisotopic (exact) mass is 270 g/mol. The first-order valence-electron chi connectivity index (χ1n) is 6.87. The SMILES string of the molecule is Cc1ccc(C(=O)C(C)N2CCn3cnnc3C2)cc1. The van der Waals surface area contributed by atoms with Crippen LogP contribution < -0.4 is 0 Å². The molecule has 0 aliphatic carbocycles. The Labute approximate surface area is 118 Å². The third kappa shape index (κ3) is 2.36. The second kappa shape index (κ2) is 5.17. The summed E-state index contributed by atoms with van der Waals surface area (Å²) in [5.41, 5.74) is 1.94. The molecule has 0 spiro atoms. The second-order valence-corrected chi connectivity index (χ2v) is 5.32. The fourth-order valence-corrected chi connectivity index (χ4v) is 2.54. The van der Waals surface area contributed by atoms with Gasteiger partial charge in [0.15, 0.2) is 5.78 Å². The van der Waals surface area contributed by atoms with E-state index < -0.39 is 0 Å². The summed E-state index contributed by atoms with van der Waals surface area (Å²) in [6.07, 6.45) is 1.75. The summed E-state index contributed by atoms with van der Waals surface area (Å²) in [5.74, 6) is 1.10. The highest BCUT2D eigenvalue weighted by Gasteiger charge is 2.26. The Morgan fingerprint density at radius 2 is 2.00 bits per heavy atom. The summed E-state index contributed by atoms with van der Waals surface area (Å²) < 4.78 is 2.04. The lowest BCUT2D eigenvalue weighted by Gasteiger charge is -2.31. The van der Waals surface area contributed by atoms with Crippen LogP contribution in [0.5, 0.6) is 0 Å². The normalized spacial score (nSPS) is 16.7. The van der Waals surface area contributed by atoms with E-state index in [4.69, 9.17) is 0 Å². The maximum Gasteiger partial charge on any atom is 0.179 e. The maximum absolute atomic E-state index is 12.5. The lowest BCUT2D eigenvalue weighted by Crippen LogP contribution is -2.43. The Balaban J connectivity index is 1.74. The van der Waals surface area contributed by atoms with Crippen LogP contribution in [0.4, 0.5) is 0 Å². The highest BCUT2D eigenvalue weighted by molar-refractivity contribution is 5.99. The summed E-state index contributed by atoms with van der Waals surface area (Å²) in [6, 6.07) is 7.63. The first kappa shape index (κ1) is 13.0. The van der Waals surface area contributed by atoms with Crippen molar-refractivity contribution in [2.75, 3.05) is 6.54 Å². The number of aromatic nitrogens is 3. The van der Waals surface area contributed by atoms with Gasteiger partial charge in [-0.15, -0.1) is 10.2 Å². The van der Waals surface area contributed by atoms with Gasteiger partial charge in [-0.2, -0.15) is 0 Å². The van der Waals surface area contributed by atoms with Crippen LogP contribution in [-0.4, -0.2) is 38.0 Å². The van der Waals surface area contributed by atoms with Crippen molar-refractivity contribution in [2.24, 2.45) is 0 Å². The average molecular weight is 270 g/mol. The Bertz CT molecular complexity index is 617. The summed E-state index contributed by atoms with van der Waals surface area (Å²) in [4.78, 5) is 14.7. The van der Waals surface area contributed by atoms with Gasteiger partial charge in [0.1, 0.15) is 12.2 Å². The molecule has 2 heterocycles. The van der Waals surface area contributed by atoms with Crippen LogP contribution in [0.15, 0.2) is 30.6 Å². The van der Waals surface area contributed by atoms with Gasteiger partial charge in [-0.05, 0) is 13.8 Å². The number of fused-ring (bicyclic) bond motifs is 1. The van der Waals surface area contributed by atoms with Gasteiger partial charge in [0, 0.05) is 18.7 Å².